The van der Waals surface area contributed by atoms with Gasteiger partial charge >= 0.3 is 0 Å². The van der Waals surface area contributed by atoms with E-state index >= 15 is 0 Å². The third kappa shape index (κ3) is 2.57. The highest BCUT2D eigenvalue weighted by molar-refractivity contribution is 5.87. The molecular weight excluding hydrogens is 279 g/mol. The summed E-state index contributed by atoms with van der Waals surface area (Å²) in [7, 11) is 0. The van der Waals surface area contributed by atoms with Gasteiger partial charge in [0.1, 0.15) is 6.61 Å². The Hall–Kier alpha value is -2.33. The van der Waals surface area contributed by atoms with Crippen LogP contribution in [0, 0.1) is 5.82 Å². The van der Waals surface area contributed by atoms with Crippen LogP contribution in [-0.2, 0) is 19.7 Å². The Balaban J connectivity index is 1.98. The van der Waals surface area contributed by atoms with Gasteiger partial charge in [0.2, 0.25) is 0 Å². The number of benzene rings is 2. The quantitative estimate of drug-likeness (QED) is 0.777. The van der Waals surface area contributed by atoms with Crippen LogP contribution in [-0.4, -0.2) is 4.57 Å². The van der Waals surface area contributed by atoms with Gasteiger partial charge in [-0.15, -0.1) is 0 Å². The number of rotatable bonds is 5. The molecule has 0 fully saturated rings. The molecule has 1 aromatic heterocycles. The number of aryl methyl sites for hydroxylation is 1. The van der Waals surface area contributed by atoms with Gasteiger partial charge in [-0.1, -0.05) is 24.3 Å². The lowest BCUT2D eigenvalue weighted by Crippen LogP contribution is -2.00. The summed E-state index contributed by atoms with van der Waals surface area (Å²) >= 11 is 0. The van der Waals surface area contributed by atoms with Crippen LogP contribution in [0.1, 0.15) is 18.1 Å². The van der Waals surface area contributed by atoms with Gasteiger partial charge in [0, 0.05) is 35.8 Å². The molecule has 0 atom stereocenters. The molecule has 0 bridgehead atoms. The van der Waals surface area contributed by atoms with Crippen molar-refractivity contribution in [1.82, 2.24) is 4.57 Å². The number of aromatic nitrogens is 1. The molecule has 0 aliphatic rings. The molecule has 2 aromatic carbocycles. The fraction of sp³-hybridized carbons (Fsp3) is 0.222. The molecule has 2 N–H and O–H groups in total. The maximum absolute atomic E-state index is 13.7. The van der Waals surface area contributed by atoms with E-state index in [4.69, 9.17) is 10.5 Å². The van der Waals surface area contributed by atoms with Crippen molar-refractivity contribution >= 4 is 10.9 Å². The second kappa shape index (κ2) is 6.20. The summed E-state index contributed by atoms with van der Waals surface area (Å²) < 4.78 is 21.5. The standard InChI is InChI=1S/C18H19FN2O/c1-2-21-11-14(12-22-17-9-4-3-7-15(17)19)18-13(10-20)6-5-8-16(18)21/h3-9,11H,2,10,12,20H2,1H3. The van der Waals surface area contributed by atoms with Crippen molar-refractivity contribution in [3.05, 3.63) is 65.6 Å². The van der Waals surface area contributed by atoms with E-state index in [0.29, 0.717) is 13.2 Å². The molecule has 0 aliphatic carbocycles. The van der Waals surface area contributed by atoms with Gasteiger partial charge in [-0.25, -0.2) is 4.39 Å². The number of fused-ring (bicyclic) bond motifs is 1. The average Bonchev–Trinajstić information content (AvgIpc) is 2.92. The van der Waals surface area contributed by atoms with Crippen LogP contribution in [0.25, 0.3) is 10.9 Å². The van der Waals surface area contributed by atoms with E-state index in [1.165, 1.54) is 6.07 Å². The van der Waals surface area contributed by atoms with Crippen molar-refractivity contribution in [1.29, 1.82) is 0 Å². The summed E-state index contributed by atoms with van der Waals surface area (Å²) in [5, 5.41) is 1.11. The summed E-state index contributed by atoms with van der Waals surface area (Å²) in [6.45, 7) is 3.75. The number of halogens is 1. The second-order valence-corrected chi connectivity index (χ2v) is 5.17. The smallest absolute Gasteiger partial charge is 0.165 e. The molecule has 0 saturated carbocycles. The number of hydrogen-bond donors (Lipinski definition) is 1. The Kier molecular flexibility index (Phi) is 4.11. The first-order chi connectivity index (χ1) is 10.7. The molecule has 0 saturated heterocycles. The minimum Gasteiger partial charge on any atom is -0.486 e. The monoisotopic (exact) mass is 298 g/mol. The summed E-state index contributed by atoms with van der Waals surface area (Å²) in [6, 6.07) is 12.6. The molecule has 0 aliphatic heterocycles. The van der Waals surface area contributed by atoms with E-state index < -0.39 is 0 Å². The molecule has 0 radical (unpaired) electrons. The highest BCUT2D eigenvalue weighted by Gasteiger charge is 2.12. The van der Waals surface area contributed by atoms with Gasteiger partial charge in [0.15, 0.2) is 11.6 Å². The SMILES string of the molecule is CCn1cc(COc2ccccc2F)c2c(CN)cccc21. The molecule has 0 unspecified atom stereocenters. The van der Waals surface area contributed by atoms with Gasteiger partial charge in [-0.2, -0.15) is 0 Å². The second-order valence-electron chi connectivity index (χ2n) is 5.17. The molecule has 3 aromatic rings. The number of nitrogens with zero attached hydrogens (tertiary/aromatic N) is 1. The topological polar surface area (TPSA) is 40.2 Å². The van der Waals surface area contributed by atoms with E-state index in [1.807, 2.05) is 12.1 Å². The fourth-order valence-electron chi connectivity index (χ4n) is 2.78. The number of hydrogen-bond acceptors (Lipinski definition) is 2. The Morgan fingerprint density at radius 1 is 1.09 bits per heavy atom. The first-order valence-electron chi connectivity index (χ1n) is 7.41. The van der Waals surface area contributed by atoms with Crippen molar-refractivity contribution in [3.8, 4) is 5.75 Å². The molecule has 22 heavy (non-hydrogen) atoms. The Labute approximate surface area is 129 Å². The van der Waals surface area contributed by atoms with Crippen LogP contribution < -0.4 is 10.5 Å². The van der Waals surface area contributed by atoms with Crippen LogP contribution in [0.15, 0.2) is 48.7 Å². The van der Waals surface area contributed by atoms with Gasteiger partial charge in [0.25, 0.3) is 0 Å². The van der Waals surface area contributed by atoms with Crippen molar-refractivity contribution in [2.45, 2.75) is 26.6 Å². The lowest BCUT2D eigenvalue weighted by Gasteiger charge is -2.07. The van der Waals surface area contributed by atoms with Crippen molar-refractivity contribution in [2.75, 3.05) is 0 Å². The summed E-state index contributed by atoms with van der Waals surface area (Å²) in [5.41, 5.74) is 9.10. The molecule has 0 spiro atoms. The van der Waals surface area contributed by atoms with Crippen LogP contribution in [0.3, 0.4) is 0 Å². The van der Waals surface area contributed by atoms with Crippen LogP contribution in [0.2, 0.25) is 0 Å². The molecule has 1 heterocycles. The predicted molar refractivity (Wildman–Crippen MR) is 86.2 cm³/mol. The molecule has 0 amide bonds. The van der Waals surface area contributed by atoms with E-state index in [1.54, 1.807) is 18.2 Å². The summed E-state index contributed by atoms with van der Waals surface area (Å²) in [6.07, 6.45) is 2.06. The largest absolute Gasteiger partial charge is 0.486 e. The molecule has 114 valence electrons. The Morgan fingerprint density at radius 2 is 1.91 bits per heavy atom. The van der Waals surface area contributed by atoms with Gasteiger partial charge < -0.3 is 15.0 Å². The maximum Gasteiger partial charge on any atom is 0.165 e. The third-order valence-electron chi connectivity index (χ3n) is 3.85. The zero-order valence-electron chi connectivity index (χ0n) is 12.6. The zero-order valence-corrected chi connectivity index (χ0v) is 12.6. The highest BCUT2D eigenvalue weighted by atomic mass is 19.1. The van der Waals surface area contributed by atoms with E-state index in [-0.39, 0.29) is 11.6 Å². The minimum absolute atomic E-state index is 0.269. The first kappa shape index (κ1) is 14.6. The van der Waals surface area contributed by atoms with Crippen molar-refractivity contribution < 1.29 is 9.13 Å². The van der Waals surface area contributed by atoms with Gasteiger partial charge in [0.05, 0.1) is 0 Å². The van der Waals surface area contributed by atoms with Crippen LogP contribution in [0.4, 0.5) is 4.39 Å². The molecule has 3 nitrogen and oxygen atoms in total. The van der Waals surface area contributed by atoms with Crippen LogP contribution in [0.5, 0.6) is 5.75 Å². The Bertz CT molecular complexity index is 795. The van der Waals surface area contributed by atoms with E-state index in [0.717, 1.165) is 28.6 Å². The zero-order chi connectivity index (χ0) is 15.5. The minimum atomic E-state index is -0.347. The van der Waals surface area contributed by atoms with Gasteiger partial charge in [-0.3, -0.25) is 0 Å². The molecule has 3 rings (SSSR count). The Morgan fingerprint density at radius 3 is 2.64 bits per heavy atom. The first-order valence-corrected chi connectivity index (χ1v) is 7.41. The number of ether oxygens (including phenoxy) is 1. The lowest BCUT2D eigenvalue weighted by molar-refractivity contribution is 0.291. The summed E-state index contributed by atoms with van der Waals surface area (Å²) in [5.74, 6) is -0.0779. The van der Waals surface area contributed by atoms with E-state index in [2.05, 4.69) is 23.8 Å². The molecule has 4 heteroatoms. The van der Waals surface area contributed by atoms with E-state index in [9.17, 15) is 4.39 Å². The lowest BCUT2D eigenvalue weighted by atomic mass is 10.1. The predicted octanol–water partition coefficient (Wildman–Crippen LogP) is 3.84. The van der Waals surface area contributed by atoms with Crippen LogP contribution >= 0.6 is 0 Å². The normalized spacial score (nSPS) is 11.0. The van der Waals surface area contributed by atoms with Crippen molar-refractivity contribution in [3.63, 3.8) is 0 Å². The number of nitrogens with two attached hydrogens (primary N) is 1. The maximum atomic E-state index is 13.7. The molecular formula is C18H19FN2O. The highest BCUT2D eigenvalue weighted by Crippen LogP contribution is 2.27. The fourth-order valence-corrected chi connectivity index (χ4v) is 2.78. The third-order valence-corrected chi connectivity index (χ3v) is 3.85. The summed E-state index contributed by atoms with van der Waals surface area (Å²) in [4.78, 5) is 0. The number of para-hydroxylation sites is 1. The van der Waals surface area contributed by atoms with Crippen molar-refractivity contribution in [2.24, 2.45) is 5.73 Å². The average molecular weight is 298 g/mol. The van der Waals surface area contributed by atoms with Gasteiger partial charge in [-0.05, 0) is 30.7 Å².